The first kappa shape index (κ1) is 28.3. The third kappa shape index (κ3) is 6.24. The largest absolute Gasteiger partial charge is 0.330 e. The average molecular weight is 564 g/mol. The summed E-state index contributed by atoms with van der Waals surface area (Å²) in [6.07, 6.45) is 1.18. The molecule has 42 heavy (non-hydrogen) atoms. The van der Waals surface area contributed by atoms with E-state index in [0.717, 1.165) is 22.4 Å². The number of nitrogens with one attached hydrogen (secondary N) is 4. The van der Waals surface area contributed by atoms with E-state index in [9.17, 15) is 14.4 Å². The Labute approximate surface area is 244 Å². The number of fused-ring (bicyclic) bond motifs is 1. The minimum Gasteiger partial charge on any atom is -0.330 e. The predicted octanol–water partition coefficient (Wildman–Crippen LogP) is 4.70. The van der Waals surface area contributed by atoms with Crippen molar-refractivity contribution in [3.8, 4) is 0 Å². The molecule has 10 heteroatoms. The molecule has 1 aliphatic heterocycles. The van der Waals surface area contributed by atoms with Crippen molar-refractivity contribution < 1.29 is 14.4 Å². The van der Waals surface area contributed by atoms with Crippen molar-refractivity contribution in [2.75, 3.05) is 31.3 Å². The normalized spacial score (nSPS) is 14.6. The fourth-order valence-electron chi connectivity index (χ4n) is 5.05. The van der Waals surface area contributed by atoms with Crippen molar-refractivity contribution >= 4 is 29.4 Å². The lowest BCUT2D eigenvalue weighted by atomic mass is 10.0. The van der Waals surface area contributed by atoms with Crippen molar-refractivity contribution in [1.29, 1.82) is 0 Å². The van der Waals surface area contributed by atoms with E-state index in [1.807, 2.05) is 79.7 Å². The molecule has 1 aliphatic rings. The van der Waals surface area contributed by atoms with Crippen LogP contribution in [0.3, 0.4) is 0 Å². The number of anilines is 2. The van der Waals surface area contributed by atoms with Crippen LogP contribution in [-0.4, -0.2) is 58.5 Å². The van der Waals surface area contributed by atoms with E-state index in [-0.39, 0.29) is 30.4 Å². The van der Waals surface area contributed by atoms with Gasteiger partial charge in [0.15, 0.2) is 5.82 Å². The Morgan fingerprint density at radius 1 is 1.00 bits per heavy atom. The smallest absolute Gasteiger partial charge is 0.319 e. The van der Waals surface area contributed by atoms with E-state index >= 15 is 0 Å². The fourth-order valence-corrected chi connectivity index (χ4v) is 5.05. The number of likely N-dealkylation sites (N-methyl/N-ethyl adjacent to an activating group) is 1. The molecule has 0 radical (unpaired) electrons. The molecule has 0 bridgehead atoms. The molecule has 0 saturated heterocycles. The van der Waals surface area contributed by atoms with Gasteiger partial charge in [0, 0.05) is 23.4 Å². The maximum atomic E-state index is 13.9. The minimum absolute atomic E-state index is 0.222. The number of aromatic amines is 1. The zero-order valence-corrected chi connectivity index (χ0v) is 23.5. The number of nitrogens with zero attached hydrogens (tertiary/aromatic N) is 3. The summed E-state index contributed by atoms with van der Waals surface area (Å²) in [6, 6.07) is 25.3. The predicted molar refractivity (Wildman–Crippen MR) is 162 cm³/mol. The molecule has 5 rings (SSSR count). The Bertz CT molecular complexity index is 1570. The van der Waals surface area contributed by atoms with Gasteiger partial charge in [-0.2, -0.15) is 5.10 Å². The van der Waals surface area contributed by atoms with Crippen molar-refractivity contribution in [2.24, 2.45) is 0 Å². The first-order valence-corrected chi connectivity index (χ1v) is 13.6. The molecule has 0 fully saturated rings. The molecule has 0 spiro atoms. The van der Waals surface area contributed by atoms with Crippen molar-refractivity contribution in [3.05, 3.63) is 126 Å². The molecule has 4 aromatic rings. The van der Waals surface area contributed by atoms with E-state index < -0.39 is 6.04 Å². The summed E-state index contributed by atoms with van der Waals surface area (Å²) < 4.78 is 0. The summed E-state index contributed by atoms with van der Waals surface area (Å²) in [5.41, 5.74) is 4.37. The summed E-state index contributed by atoms with van der Waals surface area (Å²) in [4.78, 5) is 42.3. The third-order valence-electron chi connectivity index (χ3n) is 7.07. The quantitative estimate of drug-likeness (QED) is 0.220. The Hall–Kier alpha value is -5.22. The first-order valence-electron chi connectivity index (χ1n) is 13.6. The van der Waals surface area contributed by atoms with Crippen molar-refractivity contribution in [3.63, 3.8) is 0 Å². The van der Waals surface area contributed by atoms with Crippen LogP contribution in [0.25, 0.3) is 0 Å². The van der Waals surface area contributed by atoms with Crippen molar-refractivity contribution in [1.82, 2.24) is 25.3 Å². The Balaban J connectivity index is 1.38. The number of H-pyrrole nitrogens is 1. The van der Waals surface area contributed by atoms with E-state index in [0.29, 0.717) is 23.6 Å². The van der Waals surface area contributed by atoms with E-state index in [4.69, 9.17) is 0 Å². The summed E-state index contributed by atoms with van der Waals surface area (Å²) in [5, 5.41) is 16.2. The van der Waals surface area contributed by atoms with E-state index in [1.165, 1.54) is 6.08 Å². The molecule has 1 unspecified atom stereocenters. The highest BCUT2D eigenvalue weighted by Gasteiger charge is 2.39. The minimum atomic E-state index is -0.414. The topological polar surface area (TPSA) is 122 Å². The lowest BCUT2D eigenvalue weighted by molar-refractivity contribution is -0.111. The van der Waals surface area contributed by atoms with Gasteiger partial charge in [-0.05, 0) is 55.6 Å². The monoisotopic (exact) mass is 563 g/mol. The highest BCUT2D eigenvalue weighted by atomic mass is 16.2. The van der Waals surface area contributed by atoms with Crippen LogP contribution in [-0.2, 0) is 11.3 Å². The Morgan fingerprint density at radius 2 is 1.67 bits per heavy atom. The zero-order valence-electron chi connectivity index (χ0n) is 23.5. The van der Waals surface area contributed by atoms with Crippen LogP contribution in [0, 0.1) is 0 Å². The second-order valence-electron chi connectivity index (χ2n) is 10.3. The number of amides is 4. The van der Waals surface area contributed by atoms with Gasteiger partial charge in [-0.15, -0.1) is 0 Å². The number of carbonyl (C=O) groups is 3. The lowest BCUT2D eigenvalue weighted by Crippen LogP contribution is -2.43. The van der Waals surface area contributed by atoms with Crippen LogP contribution in [0.4, 0.5) is 16.3 Å². The van der Waals surface area contributed by atoms with Gasteiger partial charge in [-0.25, -0.2) is 4.79 Å². The number of hydrogen-bond acceptors (Lipinski definition) is 5. The van der Waals surface area contributed by atoms with Gasteiger partial charge < -0.3 is 25.8 Å². The maximum absolute atomic E-state index is 13.9. The number of hydrogen-bond donors (Lipinski definition) is 4. The molecule has 3 aromatic carbocycles. The number of benzene rings is 3. The molecule has 2 atom stereocenters. The fraction of sp³-hybridized carbons (Fsp3) is 0.188. The van der Waals surface area contributed by atoms with Gasteiger partial charge in [0.1, 0.15) is 6.04 Å². The summed E-state index contributed by atoms with van der Waals surface area (Å²) in [6.45, 7) is 4.32. The Kier molecular flexibility index (Phi) is 8.44. The average Bonchev–Trinajstić information content (AvgIpc) is 3.57. The van der Waals surface area contributed by atoms with Gasteiger partial charge in [0.05, 0.1) is 18.3 Å². The second-order valence-corrected chi connectivity index (χ2v) is 10.3. The number of aromatic nitrogens is 2. The van der Waals surface area contributed by atoms with Crippen LogP contribution >= 0.6 is 0 Å². The SMILES string of the molecule is C=CC(=O)Nc1ccc(C(=O)Nc2n[nH]c3c2CN(C(=O)NC(CN(C)C)c2ccccc2)[C@@H]3c2ccccc2)cc1. The Morgan fingerprint density at radius 3 is 2.31 bits per heavy atom. The maximum Gasteiger partial charge on any atom is 0.319 e. The van der Waals surface area contributed by atoms with Gasteiger partial charge >= 0.3 is 6.03 Å². The van der Waals surface area contributed by atoms with Gasteiger partial charge in [0.25, 0.3) is 5.91 Å². The van der Waals surface area contributed by atoms with Crippen molar-refractivity contribution in [2.45, 2.75) is 18.6 Å². The first-order chi connectivity index (χ1) is 20.3. The standard InChI is InChI=1S/C32H33N7O3/c1-4-27(40)33-24-17-15-23(16-18-24)31(41)35-30-25-19-39(29(28(25)36-37-30)22-13-9-6-10-14-22)32(42)34-26(20-38(2)3)21-11-7-5-8-12-21/h4-18,26,29H,1,19-20H2,2-3H3,(H,33,40)(H,34,42)(H2,35,36,37,41)/t26?,29-/m1/s1. The van der Waals surface area contributed by atoms with E-state index in [2.05, 4.69) is 32.7 Å². The molecular weight excluding hydrogens is 530 g/mol. The van der Waals surface area contributed by atoms with Gasteiger partial charge in [-0.1, -0.05) is 67.2 Å². The summed E-state index contributed by atoms with van der Waals surface area (Å²) >= 11 is 0. The molecule has 10 nitrogen and oxygen atoms in total. The van der Waals surface area contributed by atoms with Gasteiger partial charge in [0.2, 0.25) is 5.91 Å². The highest BCUT2D eigenvalue weighted by molar-refractivity contribution is 6.05. The summed E-state index contributed by atoms with van der Waals surface area (Å²) in [5.74, 6) is -0.332. The molecule has 214 valence electrons. The van der Waals surface area contributed by atoms with Crippen LogP contribution in [0.15, 0.2) is 97.6 Å². The number of urea groups is 1. The third-order valence-corrected chi connectivity index (χ3v) is 7.07. The van der Waals surface area contributed by atoms with E-state index in [1.54, 1.807) is 29.2 Å². The van der Waals surface area contributed by atoms with Crippen LogP contribution in [0.2, 0.25) is 0 Å². The van der Waals surface area contributed by atoms with Crippen LogP contribution < -0.4 is 16.0 Å². The van der Waals surface area contributed by atoms with Gasteiger partial charge in [-0.3, -0.25) is 14.7 Å². The second kappa shape index (κ2) is 12.5. The number of carbonyl (C=O) groups excluding carboxylic acids is 3. The molecule has 4 N–H and O–H groups in total. The molecule has 0 aliphatic carbocycles. The van der Waals surface area contributed by atoms with Crippen LogP contribution in [0.1, 0.15) is 44.8 Å². The lowest BCUT2D eigenvalue weighted by Gasteiger charge is -2.29. The molecular formula is C32H33N7O3. The number of rotatable bonds is 9. The zero-order chi connectivity index (χ0) is 29.6. The molecule has 1 aromatic heterocycles. The highest BCUT2D eigenvalue weighted by Crippen LogP contribution is 2.40. The molecule has 2 heterocycles. The molecule has 4 amide bonds. The van der Waals surface area contributed by atoms with Crippen LogP contribution in [0.5, 0.6) is 0 Å². The summed E-state index contributed by atoms with van der Waals surface area (Å²) in [7, 11) is 3.95. The molecule has 0 saturated carbocycles.